The summed E-state index contributed by atoms with van der Waals surface area (Å²) in [4.78, 5) is 0. The minimum absolute atomic E-state index is 0.379. The average Bonchev–Trinajstić information content (AvgIpc) is 1.98. The third kappa shape index (κ3) is 1.74. The normalized spacial score (nSPS) is 32.3. The molecule has 0 aromatic carbocycles. The highest BCUT2D eigenvalue weighted by atomic mass is 14.3. The monoisotopic (exact) mass is 150 g/mol. The lowest BCUT2D eigenvalue weighted by atomic mass is 9.74. The summed E-state index contributed by atoms with van der Waals surface area (Å²) < 4.78 is 0. The molecule has 0 amide bonds. The van der Waals surface area contributed by atoms with Crippen molar-refractivity contribution in [3.05, 3.63) is 23.8 Å². The van der Waals surface area contributed by atoms with Crippen molar-refractivity contribution >= 4 is 0 Å². The van der Waals surface area contributed by atoms with Crippen molar-refractivity contribution in [2.75, 3.05) is 0 Å². The maximum Gasteiger partial charge on any atom is -0.0109 e. The third-order valence-electron chi connectivity index (χ3n) is 2.96. The van der Waals surface area contributed by atoms with Crippen molar-refractivity contribution in [2.24, 2.45) is 5.41 Å². The van der Waals surface area contributed by atoms with Gasteiger partial charge in [0, 0.05) is 0 Å². The Bertz CT molecular complexity index is 198. The quantitative estimate of drug-likeness (QED) is 0.500. The van der Waals surface area contributed by atoms with Gasteiger partial charge in [-0.3, -0.25) is 0 Å². The Labute approximate surface area is 70.0 Å². The van der Waals surface area contributed by atoms with Gasteiger partial charge < -0.3 is 0 Å². The van der Waals surface area contributed by atoms with Crippen LogP contribution in [0.4, 0.5) is 0 Å². The second kappa shape index (κ2) is 2.84. The summed E-state index contributed by atoms with van der Waals surface area (Å²) in [6.07, 6.45) is 5.86. The van der Waals surface area contributed by atoms with E-state index in [9.17, 15) is 0 Å². The number of rotatable bonds is 1. The highest BCUT2D eigenvalue weighted by Gasteiger charge is 2.24. The fraction of sp³-hybridized carbons (Fsp3) is 0.636. The van der Waals surface area contributed by atoms with Gasteiger partial charge in [-0.25, -0.2) is 0 Å². The molecule has 0 aromatic heterocycles. The van der Waals surface area contributed by atoms with Crippen molar-refractivity contribution in [2.45, 2.75) is 40.0 Å². The molecule has 0 heterocycles. The van der Waals surface area contributed by atoms with Gasteiger partial charge in [0.25, 0.3) is 0 Å². The van der Waals surface area contributed by atoms with Crippen LogP contribution >= 0.6 is 0 Å². The molecule has 0 bridgehead atoms. The van der Waals surface area contributed by atoms with E-state index in [1.54, 1.807) is 11.1 Å². The summed E-state index contributed by atoms with van der Waals surface area (Å²) in [7, 11) is 0. The molecule has 0 aliphatic heterocycles. The lowest BCUT2D eigenvalue weighted by Gasteiger charge is -2.31. The first-order valence-electron chi connectivity index (χ1n) is 4.36. The van der Waals surface area contributed by atoms with E-state index in [0.29, 0.717) is 5.41 Å². The minimum atomic E-state index is 0.379. The van der Waals surface area contributed by atoms with Gasteiger partial charge in [-0.2, -0.15) is 0 Å². The lowest BCUT2D eigenvalue weighted by Crippen LogP contribution is -2.17. The summed E-state index contributed by atoms with van der Waals surface area (Å²) in [6.45, 7) is 10.7. The lowest BCUT2D eigenvalue weighted by molar-refractivity contribution is 0.367. The highest BCUT2D eigenvalue weighted by Crippen LogP contribution is 2.39. The molecule has 1 aliphatic rings. The van der Waals surface area contributed by atoms with E-state index in [0.717, 1.165) is 0 Å². The van der Waals surface area contributed by atoms with E-state index in [1.165, 1.54) is 19.3 Å². The van der Waals surface area contributed by atoms with Gasteiger partial charge in [0.1, 0.15) is 0 Å². The van der Waals surface area contributed by atoms with Gasteiger partial charge in [-0.15, -0.1) is 6.58 Å². The molecule has 1 unspecified atom stereocenters. The summed E-state index contributed by atoms with van der Waals surface area (Å²) >= 11 is 0. The first-order valence-corrected chi connectivity index (χ1v) is 4.36. The molecule has 0 saturated carbocycles. The molecule has 0 saturated heterocycles. The number of allylic oxidation sites excluding steroid dienone is 3. The third-order valence-corrected chi connectivity index (χ3v) is 2.96. The van der Waals surface area contributed by atoms with E-state index in [1.807, 2.05) is 0 Å². The summed E-state index contributed by atoms with van der Waals surface area (Å²) in [6, 6.07) is 0. The van der Waals surface area contributed by atoms with Crippen molar-refractivity contribution in [3.63, 3.8) is 0 Å². The molecule has 11 heavy (non-hydrogen) atoms. The Hall–Kier alpha value is -0.520. The van der Waals surface area contributed by atoms with Gasteiger partial charge in [-0.1, -0.05) is 24.1 Å². The minimum Gasteiger partial charge on any atom is -0.103 e. The maximum atomic E-state index is 3.89. The van der Waals surface area contributed by atoms with Gasteiger partial charge in [-0.05, 0) is 38.5 Å². The maximum absolute atomic E-state index is 3.89. The molecular weight excluding hydrogens is 132 g/mol. The van der Waals surface area contributed by atoms with Crippen LogP contribution in [0.1, 0.15) is 40.0 Å². The predicted octanol–water partition coefficient (Wildman–Crippen LogP) is 3.70. The van der Waals surface area contributed by atoms with Crippen LogP contribution in [0, 0.1) is 5.41 Å². The second-order valence-corrected chi connectivity index (χ2v) is 4.10. The van der Waals surface area contributed by atoms with Crippen molar-refractivity contribution in [1.29, 1.82) is 0 Å². The summed E-state index contributed by atoms with van der Waals surface area (Å²) in [5, 5.41) is 0. The molecular formula is C11H18. The smallest absolute Gasteiger partial charge is 0.0109 e. The predicted molar refractivity (Wildman–Crippen MR) is 50.5 cm³/mol. The first-order chi connectivity index (χ1) is 5.07. The fourth-order valence-electron chi connectivity index (χ4n) is 1.71. The Morgan fingerprint density at radius 1 is 1.36 bits per heavy atom. The van der Waals surface area contributed by atoms with Crippen LogP contribution in [0.3, 0.4) is 0 Å². The van der Waals surface area contributed by atoms with Crippen LogP contribution in [-0.2, 0) is 0 Å². The Morgan fingerprint density at radius 3 is 2.45 bits per heavy atom. The fourth-order valence-corrected chi connectivity index (χ4v) is 1.71. The van der Waals surface area contributed by atoms with E-state index < -0.39 is 0 Å². The SMILES string of the molecule is C=CC1(C)CCC(C)=C(C)C1. The zero-order chi connectivity index (χ0) is 8.48. The van der Waals surface area contributed by atoms with E-state index in [4.69, 9.17) is 0 Å². The molecule has 0 aromatic rings. The highest BCUT2D eigenvalue weighted by molar-refractivity contribution is 5.18. The van der Waals surface area contributed by atoms with Crippen molar-refractivity contribution in [1.82, 2.24) is 0 Å². The molecule has 0 radical (unpaired) electrons. The molecule has 0 nitrogen and oxygen atoms in total. The number of hydrogen-bond acceptors (Lipinski definition) is 0. The Morgan fingerprint density at radius 2 is 2.00 bits per heavy atom. The molecule has 62 valence electrons. The zero-order valence-electron chi connectivity index (χ0n) is 7.91. The molecule has 1 aliphatic carbocycles. The van der Waals surface area contributed by atoms with Gasteiger partial charge in [0.15, 0.2) is 0 Å². The van der Waals surface area contributed by atoms with E-state index in [-0.39, 0.29) is 0 Å². The van der Waals surface area contributed by atoms with Crippen LogP contribution in [-0.4, -0.2) is 0 Å². The average molecular weight is 150 g/mol. The topological polar surface area (TPSA) is 0 Å². The Kier molecular flexibility index (Phi) is 2.22. The van der Waals surface area contributed by atoms with Crippen LogP contribution in [0.5, 0.6) is 0 Å². The van der Waals surface area contributed by atoms with Gasteiger partial charge in [0.2, 0.25) is 0 Å². The van der Waals surface area contributed by atoms with Crippen LogP contribution in [0.2, 0.25) is 0 Å². The van der Waals surface area contributed by atoms with Crippen molar-refractivity contribution in [3.8, 4) is 0 Å². The molecule has 1 atom stereocenters. The first kappa shape index (κ1) is 8.58. The number of hydrogen-bond donors (Lipinski definition) is 0. The molecule has 0 N–H and O–H groups in total. The summed E-state index contributed by atoms with van der Waals surface area (Å²) in [5.41, 5.74) is 3.53. The standard InChI is InChI=1S/C11H18/c1-5-11(4)7-6-9(2)10(3)8-11/h5H,1,6-8H2,2-4H3. The second-order valence-electron chi connectivity index (χ2n) is 4.10. The van der Waals surface area contributed by atoms with Crippen LogP contribution in [0.25, 0.3) is 0 Å². The molecule has 0 fully saturated rings. The largest absolute Gasteiger partial charge is 0.103 e. The van der Waals surface area contributed by atoms with E-state index in [2.05, 4.69) is 33.4 Å². The van der Waals surface area contributed by atoms with Gasteiger partial charge in [0.05, 0.1) is 0 Å². The molecule has 0 spiro atoms. The van der Waals surface area contributed by atoms with Gasteiger partial charge >= 0.3 is 0 Å². The van der Waals surface area contributed by atoms with Crippen molar-refractivity contribution < 1.29 is 0 Å². The van der Waals surface area contributed by atoms with Crippen LogP contribution in [0.15, 0.2) is 23.8 Å². The van der Waals surface area contributed by atoms with Crippen LogP contribution < -0.4 is 0 Å². The molecule has 0 heteroatoms. The zero-order valence-corrected chi connectivity index (χ0v) is 7.91. The summed E-state index contributed by atoms with van der Waals surface area (Å²) in [5.74, 6) is 0. The molecule has 1 rings (SSSR count). The van der Waals surface area contributed by atoms with E-state index >= 15 is 0 Å². The Balaban J connectivity index is 2.78.